The molecule has 0 spiro atoms. The molecule has 4 heteroatoms. The zero-order valence-corrected chi connectivity index (χ0v) is 10.2. The summed E-state index contributed by atoms with van der Waals surface area (Å²) in [6, 6.07) is 0. The summed E-state index contributed by atoms with van der Waals surface area (Å²) in [6.07, 6.45) is 0.457. The molecule has 0 aromatic rings. The van der Waals surface area contributed by atoms with Gasteiger partial charge in [-0.3, -0.25) is 4.79 Å². The van der Waals surface area contributed by atoms with Crippen LogP contribution in [0.25, 0.3) is 0 Å². The minimum atomic E-state index is -0.279. The van der Waals surface area contributed by atoms with Gasteiger partial charge in [0.05, 0.1) is 0 Å². The highest BCUT2D eigenvalue weighted by molar-refractivity contribution is 5.81. The Bertz CT molecular complexity index is 225. The first kappa shape index (κ1) is 12.5. The van der Waals surface area contributed by atoms with Crippen LogP contribution in [0.1, 0.15) is 27.2 Å². The molecule has 88 valence electrons. The van der Waals surface area contributed by atoms with Gasteiger partial charge in [0, 0.05) is 32.3 Å². The van der Waals surface area contributed by atoms with Gasteiger partial charge in [0.15, 0.2) is 0 Å². The number of hydrogen-bond acceptors (Lipinski definition) is 3. The lowest BCUT2D eigenvalue weighted by atomic mass is 10.0. The normalized spacial score (nSPS) is 22.5. The second-order valence-electron chi connectivity index (χ2n) is 4.70. The molecule has 0 aromatic heterocycles. The quantitative estimate of drug-likeness (QED) is 0.749. The van der Waals surface area contributed by atoms with Crippen molar-refractivity contribution in [2.24, 2.45) is 0 Å². The molecule has 1 saturated heterocycles. The van der Waals surface area contributed by atoms with Crippen LogP contribution in [0.2, 0.25) is 0 Å². The maximum Gasteiger partial charge on any atom is 0.251 e. The molecule has 1 N–H and O–H groups in total. The predicted molar refractivity (Wildman–Crippen MR) is 59.7 cm³/mol. The van der Waals surface area contributed by atoms with Crippen molar-refractivity contribution in [3.05, 3.63) is 0 Å². The summed E-state index contributed by atoms with van der Waals surface area (Å²) in [4.78, 5) is 13.9. The summed E-state index contributed by atoms with van der Waals surface area (Å²) in [7, 11) is 1.60. The number of hydrogen-bond donors (Lipinski definition) is 1. The maximum atomic E-state index is 12.0. The van der Waals surface area contributed by atoms with Crippen molar-refractivity contribution in [1.82, 2.24) is 10.2 Å². The van der Waals surface area contributed by atoms with Crippen molar-refractivity contribution in [1.29, 1.82) is 0 Å². The molecule has 1 rings (SSSR count). The van der Waals surface area contributed by atoms with Crippen LogP contribution in [0.3, 0.4) is 0 Å². The summed E-state index contributed by atoms with van der Waals surface area (Å²) in [6.45, 7) is 8.59. The number of methoxy groups -OCH3 is 1. The lowest BCUT2D eigenvalue weighted by Gasteiger charge is -2.40. The third-order valence-corrected chi connectivity index (χ3v) is 2.81. The van der Waals surface area contributed by atoms with E-state index < -0.39 is 0 Å². The number of nitrogens with one attached hydrogen (secondary N) is 1. The van der Waals surface area contributed by atoms with Gasteiger partial charge in [0.2, 0.25) is 0 Å². The Kier molecular flexibility index (Phi) is 4.11. The lowest BCUT2D eigenvalue weighted by Crippen LogP contribution is -2.59. The maximum absolute atomic E-state index is 12.0. The molecular formula is C11H22N2O2. The van der Waals surface area contributed by atoms with E-state index in [1.165, 1.54) is 0 Å². The first-order chi connectivity index (χ1) is 7.00. The van der Waals surface area contributed by atoms with E-state index in [0.717, 1.165) is 26.1 Å². The minimum absolute atomic E-state index is 0.0138. The Hall–Kier alpha value is -0.610. The van der Waals surface area contributed by atoms with E-state index in [0.29, 0.717) is 0 Å². The van der Waals surface area contributed by atoms with Crippen LogP contribution in [0, 0.1) is 0 Å². The predicted octanol–water partition coefficient (Wildman–Crippen LogP) is 0.622. The molecule has 4 nitrogen and oxygen atoms in total. The van der Waals surface area contributed by atoms with E-state index in [1.54, 1.807) is 7.11 Å². The third kappa shape index (κ3) is 3.18. The molecule has 15 heavy (non-hydrogen) atoms. The van der Waals surface area contributed by atoms with Gasteiger partial charge in [-0.1, -0.05) is 6.92 Å². The third-order valence-electron chi connectivity index (χ3n) is 2.81. The Morgan fingerprint density at radius 2 is 2.27 bits per heavy atom. The van der Waals surface area contributed by atoms with Crippen LogP contribution in [-0.4, -0.2) is 49.2 Å². The van der Waals surface area contributed by atoms with E-state index in [-0.39, 0.29) is 17.6 Å². The van der Waals surface area contributed by atoms with Gasteiger partial charge in [-0.05, 0) is 20.3 Å². The van der Waals surface area contributed by atoms with E-state index >= 15 is 0 Å². The average Bonchev–Trinajstić information content (AvgIpc) is 2.18. The average molecular weight is 214 g/mol. The number of ether oxygens (including phenoxy) is 1. The van der Waals surface area contributed by atoms with Gasteiger partial charge in [-0.2, -0.15) is 0 Å². The van der Waals surface area contributed by atoms with Crippen molar-refractivity contribution < 1.29 is 9.53 Å². The highest BCUT2D eigenvalue weighted by Crippen LogP contribution is 2.12. The van der Waals surface area contributed by atoms with Gasteiger partial charge in [-0.25, -0.2) is 0 Å². The number of rotatable bonds is 3. The molecule has 1 heterocycles. The zero-order chi connectivity index (χ0) is 11.5. The number of carbonyl (C=O) groups is 1. The van der Waals surface area contributed by atoms with Crippen molar-refractivity contribution >= 4 is 5.91 Å². The Morgan fingerprint density at radius 3 is 2.73 bits per heavy atom. The van der Waals surface area contributed by atoms with Crippen LogP contribution in [0.15, 0.2) is 0 Å². The van der Waals surface area contributed by atoms with Crippen LogP contribution < -0.4 is 5.32 Å². The second kappa shape index (κ2) is 4.94. The largest absolute Gasteiger partial charge is 0.372 e. The molecule has 0 aliphatic carbocycles. The fourth-order valence-corrected chi connectivity index (χ4v) is 1.98. The smallest absolute Gasteiger partial charge is 0.251 e. The van der Waals surface area contributed by atoms with E-state index in [2.05, 4.69) is 19.2 Å². The van der Waals surface area contributed by atoms with Crippen molar-refractivity contribution in [3.63, 3.8) is 0 Å². The summed E-state index contributed by atoms with van der Waals surface area (Å²) < 4.78 is 5.17. The lowest BCUT2D eigenvalue weighted by molar-refractivity contribution is -0.144. The summed E-state index contributed by atoms with van der Waals surface area (Å²) >= 11 is 0. The van der Waals surface area contributed by atoms with Gasteiger partial charge in [-0.15, -0.1) is 0 Å². The molecule has 1 aliphatic heterocycles. The first-order valence-corrected chi connectivity index (χ1v) is 5.57. The topological polar surface area (TPSA) is 41.6 Å². The molecule has 1 atom stereocenters. The fourth-order valence-electron chi connectivity index (χ4n) is 1.98. The summed E-state index contributed by atoms with van der Waals surface area (Å²) in [5, 5.41) is 3.38. The van der Waals surface area contributed by atoms with Crippen LogP contribution in [0.4, 0.5) is 0 Å². The van der Waals surface area contributed by atoms with Gasteiger partial charge in [0.25, 0.3) is 5.91 Å². The molecule has 1 unspecified atom stereocenters. The number of carbonyl (C=O) groups excluding carboxylic acids is 1. The molecule has 1 fully saturated rings. The Labute approximate surface area is 92.0 Å². The van der Waals surface area contributed by atoms with E-state index in [9.17, 15) is 4.79 Å². The highest BCUT2D eigenvalue weighted by Gasteiger charge is 2.31. The van der Waals surface area contributed by atoms with E-state index in [4.69, 9.17) is 4.74 Å². The summed E-state index contributed by atoms with van der Waals surface area (Å²) in [5.41, 5.74) is 0.0138. The zero-order valence-electron chi connectivity index (χ0n) is 10.2. The number of amides is 1. The fraction of sp³-hybridized carbons (Fsp3) is 0.909. The monoisotopic (exact) mass is 214 g/mol. The molecule has 0 aromatic carbocycles. The molecule has 1 amide bonds. The van der Waals surface area contributed by atoms with Crippen LogP contribution in [0.5, 0.6) is 0 Å². The SMILES string of the molecule is CCC(OC)C(=O)N1CCNC(C)(C)C1. The van der Waals surface area contributed by atoms with E-state index in [1.807, 2.05) is 11.8 Å². The minimum Gasteiger partial charge on any atom is -0.372 e. The molecular weight excluding hydrogens is 192 g/mol. The van der Waals surface area contributed by atoms with Crippen molar-refractivity contribution in [2.45, 2.75) is 38.8 Å². The number of piperazine rings is 1. The van der Waals surface area contributed by atoms with Crippen LogP contribution >= 0.6 is 0 Å². The Morgan fingerprint density at radius 1 is 1.60 bits per heavy atom. The molecule has 1 aliphatic rings. The molecule has 0 bridgehead atoms. The van der Waals surface area contributed by atoms with Crippen molar-refractivity contribution in [2.75, 3.05) is 26.7 Å². The standard InChI is InChI=1S/C11H22N2O2/c1-5-9(15-4)10(14)13-7-6-12-11(2,3)8-13/h9,12H,5-8H2,1-4H3. The van der Waals surface area contributed by atoms with Crippen molar-refractivity contribution in [3.8, 4) is 0 Å². The molecule has 0 saturated carbocycles. The highest BCUT2D eigenvalue weighted by atomic mass is 16.5. The van der Waals surface area contributed by atoms with Gasteiger partial charge >= 0.3 is 0 Å². The Balaban J connectivity index is 2.59. The second-order valence-corrected chi connectivity index (χ2v) is 4.70. The van der Waals surface area contributed by atoms with Gasteiger partial charge < -0.3 is 15.0 Å². The van der Waals surface area contributed by atoms with Gasteiger partial charge in [0.1, 0.15) is 6.10 Å². The van der Waals surface area contributed by atoms with Crippen LogP contribution in [-0.2, 0) is 9.53 Å². The molecule has 0 radical (unpaired) electrons. The number of nitrogens with zero attached hydrogens (tertiary/aromatic N) is 1. The first-order valence-electron chi connectivity index (χ1n) is 5.57. The summed E-state index contributed by atoms with van der Waals surface area (Å²) in [5.74, 6) is 0.120.